The van der Waals surface area contributed by atoms with Crippen molar-refractivity contribution in [3.8, 4) is 0 Å². The van der Waals surface area contributed by atoms with E-state index in [-0.39, 0.29) is 0 Å². The lowest BCUT2D eigenvalue weighted by Crippen LogP contribution is -2.37. The summed E-state index contributed by atoms with van der Waals surface area (Å²) in [6.45, 7) is 15.4. The van der Waals surface area contributed by atoms with Gasteiger partial charge in [-0.2, -0.15) is 4.57 Å². The number of thiazole rings is 1. The zero-order chi connectivity index (χ0) is 49.5. The van der Waals surface area contributed by atoms with Crippen molar-refractivity contribution >= 4 is 21.6 Å². The predicted molar refractivity (Wildman–Crippen MR) is 316 cm³/mol. The van der Waals surface area contributed by atoms with Crippen LogP contribution in [0.15, 0.2) is 0 Å². The Morgan fingerprint density at radius 3 is 0.783 bits per heavy atom. The Kier molecular flexibility index (Phi) is 44.7. The molecule has 404 valence electrons. The summed E-state index contributed by atoms with van der Waals surface area (Å²) in [6.07, 6.45) is 74.8. The Morgan fingerprint density at radius 2 is 0.464 bits per heavy atom. The third-order valence-corrected chi connectivity index (χ3v) is 17.6. The summed E-state index contributed by atoms with van der Waals surface area (Å²) >= 11 is 2.33. The molecule has 0 radical (unpaired) electrons. The van der Waals surface area contributed by atoms with Crippen molar-refractivity contribution in [3.05, 3.63) is 27.3 Å². The van der Waals surface area contributed by atoms with Crippen molar-refractivity contribution in [2.24, 2.45) is 0 Å². The highest BCUT2D eigenvalue weighted by molar-refractivity contribution is 7.18. The maximum absolute atomic E-state index is 3.05. The molecule has 0 unspecified atom stereocenters. The Balaban J connectivity index is 2.68. The van der Waals surface area contributed by atoms with E-state index < -0.39 is 0 Å². The molecule has 0 aliphatic heterocycles. The van der Waals surface area contributed by atoms with Gasteiger partial charge in [0.1, 0.15) is 11.2 Å². The summed E-state index contributed by atoms with van der Waals surface area (Å²) in [6, 6.07) is 0. The molecule has 2 aromatic rings. The number of aryl methyl sites for hydroxylation is 4. The van der Waals surface area contributed by atoms with Gasteiger partial charge in [-0.05, 0) is 80.9 Å². The number of unbranched alkanes of at least 4 members (excludes halogenated alkanes) is 42. The van der Waals surface area contributed by atoms with Gasteiger partial charge in [0.2, 0.25) is 10.5 Å². The molecule has 0 saturated heterocycles. The van der Waals surface area contributed by atoms with Crippen molar-refractivity contribution in [2.45, 2.75) is 388 Å². The molecule has 0 spiro atoms. The number of hydrogen-bond donors (Lipinski definition) is 0. The molecule has 1 aromatic heterocycles. The van der Waals surface area contributed by atoms with E-state index in [2.05, 4.69) is 57.4 Å². The van der Waals surface area contributed by atoms with E-state index in [9.17, 15) is 0 Å². The fourth-order valence-electron chi connectivity index (χ4n) is 11.7. The lowest BCUT2D eigenvalue weighted by molar-refractivity contribution is -0.675. The van der Waals surface area contributed by atoms with Crippen LogP contribution in [-0.4, -0.2) is 0 Å². The second kappa shape index (κ2) is 48.1. The van der Waals surface area contributed by atoms with E-state index in [4.69, 9.17) is 0 Å². The summed E-state index contributed by atoms with van der Waals surface area (Å²) in [4.78, 5) is 0. The Hall–Kier alpha value is -0.890. The first kappa shape index (κ1) is 64.2. The van der Waals surface area contributed by atoms with Crippen LogP contribution in [-0.2, 0) is 38.6 Å². The van der Waals surface area contributed by atoms with E-state index in [1.54, 1.807) is 15.2 Å². The third-order valence-electron chi connectivity index (χ3n) is 16.3. The van der Waals surface area contributed by atoms with Crippen molar-refractivity contribution in [3.63, 3.8) is 0 Å². The van der Waals surface area contributed by atoms with Crippen LogP contribution in [0, 0.1) is 0 Å². The van der Waals surface area contributed by atoms with Gasteiger partial charge in [-0.1, -0.05) is 316 Å². The van der Waals surface area contributed by atoms with Gasteiger partial charge in [0.05, 0.1) is 0 Å². The first-order valence-corrected chi connectivity index (χ1v) is 33.5. The van der Waals surface area contributed by atoms with Crippen LogP contribution in [0.4, 0.5) is 0 Å². The summed E-state index contributed by atoms with van der Waals surface area (Å²) < 4.78 is 4.84. The number of benzene rings is 1. The van der Waals surface area contributed by atoms with Crippen molar-refractivity contribution < 1.29 is 4.57 Å². The molecule has 0 N–H and O–H groups in total. The van der Waals surface area contributed by atoms with Gasteiger partial charge in [-0.15, -0.1) is 0 Å². The molecule has 0 aliphatic carbocycles. The molecule has 1 nitrogen and oxygen atoms in total. The first-order chi connectivity index (χ1) is 34.2. The summed E-state index contributed by atoms with van der Waals surface area (Å²) in [5.74, 6) is 0. The number of rotatable bonds is 54. The third kappa shape index (κ3) is 31.5. The fraction of sp³-hybridized carbons (Fsp3) is 0.896. The second-order valence-corrected chi connectivity index (χ2v) is 23.9. The van der Waals surface area contributed by atoms with Crippen LogP contribution in [0.1, 0.15) is 377 Å². The number of aromatic nitrogens is 1. The molecule has 2 rings (SSSR count). The van der Waals surface area contributed by atoms with Gasteiger partial charge in [-0.3, -0.25) is 0 Å². The van der Waals surface area contributed by atoms with Gasteiger partial charge in [0.15, 0.2) is 0 Å². The number of hydrogen-bond acceptors (Lipinski definition) is 1. The highest BCUT2D eigenvalue weighted by atomic mass is 32.1. The van der Waals surface area contributed by atoms with E-state index in [0.29, 0.717) is 0 Å². The van der Waals surface area contributed by atoms with E-state index in [0.717, 1.165) is 0 Å². The van der Waals surface area contributed by atoms with Crippen LogP contribution in [0.25, 0.3) is 10.2 Å². The molecular formula is C67H126NS+. The maximum atomic E-state index is 3.05. The average molecular weight is 978 g/mol. The Morgan fingerprint density at radius 1 is 0.232 bits per heavy atom. The van der Waals surface area contributed by atoms with Gasteiger partial charge >= 0.3 is 0 Å². The minimum atomic E-state index is 1.26. The molecule has 1 aromatic carbocycles. The van der Waals surface area contributed by atoms with Gasteiger partial charge in [0, 0.05) is 18.4 Å². The first-order valence-electron chi connectivity index (χ1n) is 32.7. The van der Waals surface area contributed by atoms with Crippen LogP contribution in [0.5, 0.6) is 0 Å². The molecule has 1 heterocycles. The molecule has 0 bridgehead atoms. The maximum Gasteiger partial charge on any atom is 0.238 e. The smallest absolute Gasteiger partial charge is 0.186 e. The van der Waals surface area contributed by atoms with E-state index >= 15 is 0 Å². The molecule has 0 saturated carbocycles. The van der Waals surface area contributed by atoms with Gasteiger partial charge < -0.3 is 0 Å². The largest absolute Gasteiger partial charge is 0.238 e. The van der Waals surface area contributed by atoms with Gasteiger partial charge in [-0.25, -0.2) is 0 Å². The molecule has 0 fully saturated rings. The number of nitrogens with zero attached hydrogens (tertiary/aromatic N) is 1. The predicted octanol–water partition coefficient (Wildman–Crippen LogP) is 23.7. The van der Waals surface area contributed by atoms with Crippen LogP contribution < -0.4 is 4.57 Å². The fourth-order valence-corrected chi connectivity index (χ4v) is 13.2. The monoisotopic (exact) mass is 977 g/mol. The van der Waals surface area contributed by atoms with Crippen molar-refractivity contribution in [1.29, 1.82) is 0 Å². The topological polar surface area (TPSA) is 3.88 Å². The zero-order valence-electron chi connectivity index (χ0n) is 48.5. The van der Waals surface area contributed by atoms with Crippen LogP contribution >= 0.6 is 11.3 Å². The van der Waals surface area contributed by atoms with Gasteiger partial charge in [0.25, 0.3) is 0 Å². The molecule has 0 atom stereocenters. The normalized spacial score (nSPS) is 11.9. The Labute approximate surface area is 439 Å². The zero-order valence-corrected chi connectivity index (χ0v) is 49.4. The molecule has 0 aliphatic rings. The van der Waals surface area contributed by atoms with Crippen LogP contribution in [0.2, 0.25) is 0 Å². The van der Waals surface area contributed by atoms with E-state index in [1.807, 2.05) is 22.3 Å². The summed E-state index contributed by atoms with van der Waals surface area (Å²) in [5, 5.41) is 1.76. The lowest BCUT2D eigenvalue weighted by Gasteiger charge is -2.20. The minimum Gasteiger partial charge on any atom is -0.186 e. The van der Waals surface area contributed by atoms with Crippen LogP contribution in [0.3, 0.4) is 0 Å². The lowest BCUT2D eigenvalue weighted by atomic mass is 9.84. The summed E-state index contributed by atoms with van der Waals surface area (Å²) in [5.41, 5.74) is 9.31. The highest BCUT2D eigenvalue weighted by Gasteiger charge is 2.30. The second-order valence-electron chi connectivity index (χ2n) is 22.8. The standard InChI is InChI=1S/C67H126NS/c1-7-13-19-25-31-37-43-49-55-61-62(56-50-44-38-32-26-20-14-8-2)64(58-52-46-40-34-28-22-16-10-4)67-66(63(61)57-51-45-39-33-27-21-15-9-3)68(60-54-48-42-36-30-24-18-12-6)65(69-67)59-53-47-41-35-29-23-17-11-5/h7-60H2,1-6H3/q+1. The average Bonchev–Trinajstić information content (AvgIpc) is 3.72. The number of fused-ring (bicyclic) bond motifs is 1. The molecule has 0 amide bonds. The molecular weight excluding hydrogens is 851 g/mol. The molecule has 69 heavy (non-hydrogen) atoms. The van der Waals surface area contributed by atoms with Crippen molar-refractivity contribution in [1.82, 2.24) is 0 Å². The summed E-state index contributed by atoms with van der Waals surface area (Å²) in [7, 11) is 0. The minimum absolute atomic E-state index is 1.26. The Bertz CT molecular complexity index is 1390. The van der Waals surface area contributed by atoms with E-state index in [1.165, 1.54) is 347 Å². The highest BCUT2D eigenvalue weighted by Crippen LogP contribution is 2.39. The molecule has 2 heteroatoms. The SMILES string of the molecule is CCCCCCCCCCc1c(CCCCCCCCCC)c(CCCCCCCCCC)c2c(sc(CCCCCCCCCC)[n+]2CCCCCCCCCC)c1CCCCCCCCCC. The quantitative estimate of drug-likeness (QED) is 0.0459. The van der Waals surface area contributed by atoms with Crippen molar-refractivity contribution in [2.75, 3.05) is 0 Å².